The van der Waals surface area contributed by atoms with Crippen LogP contribution in [0, 0.1) is 0 Å². The molecule has 2 heteroatoms. The molecule has 0 N–H and O–H groups in total. The molecule has 2 rings (SSSR count). The van der Waals surface area contributed by atoms with E-state index < -0.39 is 0 Å². The Balaban J connectivity index is 2.24. The number of esters is 1. The molecule has 1 aliphatic heterocycles. The van der Waals surface area contributed by atoms with Gasteiger partial charge in [0.05, 0.1) is 6.61 Å². The Hall–Kier alpha value is -1.31. The van der Waals surface area contributed by atoms with E-state index in [1.165, 1.54) is 11.1 Å². The predicted octanol–water partition coefficient (Wildman–Crippen LogP) is 1.72. The molecule has 0 amide bonds. The lowest BCUT2D eigenvalue weighted by molar-refractivity contribution is -0.143. The van der Waals surface area contributed by atoms with Crippen molar-refractivity contribution in [2.24, 2.45) is 0 Å². The van der Waals surface area contributed by atoms with Gasteiger partial charge in [0.1, 0.15) is 0 Å². The van der Waals surface area contributed by atoms with Crippen LogP contribution in [0.15, 0.2) is 24.3 Å². The smallest absolute Gasteiger partial charge is 0.306 e. The molecule has 0 unspecified atom stereocenters. The number of benzene rings is 1. The standard InChI is InChI=1S/C11H12O2/c12-11-6-5-9-3-1-2-4-10(9)7-8-13-11/h1-4H,5-8H2. The molecule has 0 radical (unpaired) electrons. The third-order valence-electron chi connectivity index (χ3n) is 2.35. The number of rotatable bonds is 0. The molecule has 0 aromatic heterocycles. The number of hydrogen-bond acceptors (Lipinski definition) is 2. The Morgan fingerprint density at radius 1 is 1.00 bits per heavy atom. The van der Waals surface area contributed by atoms with Crippen molar-refractivity contribution in [2.45, 2.75) is 19.3 Å². The van der Waals surface area contributed by atoms with Crippen LogP contribution < -0.4 is 0 Å². The molecule has 1 aromatic carbocycles. The van der Waals surface area contributed by atoms with Gasteiger partial charge in [0.2, 0.25) is 0 Å². The lowest BCUT2D eigenvalue weighted by Crippen LogP contribution is -2.13. The van der Waals surface area contributed by atoms with Crippen LogP contribution in [0.5, 0.6) is 0 Å². The van der Waals surface area contributed by atoms with Crippen LogP contribution in [0.25, 0.3) is 0 Å². The van der Waals surface area contributed by atoms with Crippen LogP contribution in [-0.2, 0) is 22.4 Å². The van der Waals surface area contributed by atoms with Crippen LogP contribution in [-0.4, -0.2) is 12.6 Å². The Kier molecular flexibility index (Phi) is 2.30. The fraction of sp³-hybridized carbons (Fsp3) is 0.364. The van der Waals surface area contributed by atoms with Gasteiger partial charge in [0, 0.05) is 12.8 Å². The summed E-state index contributed by atoms with van der Waals surface area (Å²) in [6.07, 6.45) is 2.17. The van der Waals surface area contributed by atoms with E-state index in [0.29, 0.717) is 13.0 Å². The van der Waals surface area contributed by atoms with E-state index in [4.69, 9.17) is 4.74 Å². The summed E-state index contributed by atoms with van der Waals surface area (Å²) in [5.41, 5.74) is 2.61. The first-order valence-corrected chi connectivity index (χ1v) is 4.58. The number of aryl methyl sites for hydroxylation is 1. The number of ether oxygens (including phenoxy) is 1. The maximum atomic E-state index is 11.0. The zero-order valence-electron chi connectivity index (χ0n) is 7.45. The molecule has 0 fully saturated rings. The number of carbonyl (C=O) groups excluding carboxylic acids is 1. The molecule has 0 aliphatic carbocycles. The maximum Gasteiger partial charge on any atom is 0.306 e. The lowest BCUT2D eigenvalue weighted by atomic mass is 10.00. The predicted molar refractivity (Wildman–Crippen MR) is 49.4 cm³/mol. The molecule has 13 heavy (non-hydrogen) atoms. The van der Waals surface area contributed by atoms with E-state index in [1.54, 1.807) is 0 Å². The molecule has 1 aliphatic rings. The van der Waals surface area contributed by atoms with Crippen molar-refractivity contribution < 1.29 is 9.53 Å². The molecular weight excluding hydrogens is 164 g/mol. The summed E-state index contributed by atoms with van der Waals surface area (Å²) in [7, 11) is 0. The van der Waals surface area contributed by atoms with Gasteiger partial charge in [-0.05, 0) is 17.5 Å². The summed E-state index contributed by atoms with van der Waals surface area (Å²) >= 11 is 0. The normalized spacial score (nSPS) is 16.8. The van der Waals surface area contributed by atoms with E-state index >= 15 is 0 Å². The van der Waals surface area contributed by atoms with E-state index in [1.807, 2.05) is 12.1 Å². The fourth-order valence-corrected chi connectivity index (χ4v) is 1.63. The number of fused-ring (bicyclic) bond motifs is 1. The first kappa shape index (κ1) is 8.30. The first-order chi connectivity index (χ1) is 6.36. The van der Waals surface area contributed by atoms with Crippen LogP contribution >= 0.6 is 0 Å². The van der Waals surface area contributed by atoms with Gasteiger partial charge in [-0.1, -0.05) is 24.3 Å². The van der Waals surface area contributed by atoms with Crippen molar-refractivity contribution >= 4 is 5.97 Å². The van der Waals surface area contributed by atoms with Crippen molar-refractivity contribution in [1.29, 1.82) is 0 Å². The largest absolute Gasteiger partial charge is 0.465 e. The SMILES string of the molecule is O=C1CCc2ccccc2CCO1. The van der Waals surface area contributed by atoms with Crippen molar-refractivity contribution in [3.05, 3.63) is 35.4 Å². The second kappa shape index (κ2) is 3.60. The van der Waals surface area contributed by atoms with E-state index in [9.17, 15) is 4.79 Å². The monoisotopic (exact) mass is 176 g/mol. The Morgan fingerprint density at radius 2 is 1.69 bits per heavy atom. The molecule has 0 saturated carbocycles. The summed E-state index contributed by atoms with van der Waals surface area (Å²) < 4.78 is 5.00. The minimum Gasteiger partial charge on any atom is -0.465 e. The van der Waals surface area contributed by atoms with Gasteiger partial charge >= 0.3 is 5.97 Å². The topological polar surface area (TPSA) is 26.3 Å². The Morgan fingerprint density at radius 3 is 2.46 bits per heavy atom. The van der Waals surface area contributed by atoms with Gasteiger partial charge in [0.25, 0.3) is 0 Å². The van der Waals surface area contributed by atoms with Crippen molar-refractivity contribution in [3.63, 3.8) is 0 Å². The highest BCUT2D eigenvalue weighted by molar-refractivity contribution is 5.70. The summed E-state index contributed by atoms with van der Waals surface area (Å²) in [5, 5.41) is 0. The molecule has 0 bridgehead atoms. The highest BCUT2D eigenvalue weighted by atomic mass is 16.5. The van der Waals surface area contributed by atoms with E-state index in [0.717, 1.165) is 12.8 Å². The summed E-state index contributed by atoms with van der Waals surface area (Å²) in [6.45, 7) is 0.524. The zero-order valence-corrected chi connectivity index (χ0v) is 7.45. The molecule has 0 atom stereocenters. The third kappa shape index (κ3) is 1.89. The Bertz CT molecular complexity index is 318. The second-order valence-electron chi connectivity index (χ2n) is 3.24. The van der Waals surface area contributed by atoms with Gasteiger partial charge in [-0.2, -0.15) is 0 Å². The maximum absolute atomic E-state index is 11.0. The summed E-state index contributed by atoms with van der Waals surface area (Å²) in [4.78, 5) is 11.0. The highest BCUT2D eigenvalue weighted by Crippen LogP contribution is 2.14. The van der Waals surface area contributed by atoms with Gasteiger partial charge < -0.3 is 4.74 Å². The van der Waals surface area contributed by atoms with E-state index in [2.05, 4.69) is 12.1 Å². The first-order valence-electron chi connectivity index (χ1n) is 4.58. The van der Waals surface area contributed by atoms with Crippen LogP contribution in [0.2, 0.25) is 0 Å². The highest BCUT2D eigenvalue weighted by Gasteiger charge is 2.10. The number of cyclic esters (lactones) is 1. The minimum absolute atomic E-state index is 0.0745. The van der Waals surface area contributed by atoms with Gasteiger partial charge in [-0.15, -0.1) is 0 Å². The molecule has 0 spiro atoms. The fourth-order valence-electron chi connectivity index (χ4n) is 1.63. The second-order valence-corrected chi connectivity index (χ2v) is 3.24. The van der Waals surface area contributed by atoms with Crippen LogP contribution in [0.1, 0.15) is 17.5 Å². The molecular formula is C11H12O2. The van der Waals surface area contributed by atoms with Crippen molar-refractivity contribution in [3.8, 4) is 0 Å². The minimum atomic E-state index is -0.0745. The van der Waals surface area contributed by atoms with Crippen LogP contribution in [0.4, 0.5) is 0 Å². The summed E-state index contributed by atoms with van der Waals surface area (Å²) in [6, 6.07) is 8.25. The Labute approximate surface area is 77.5 Å². The van der Waals surface area contributed by atoms with Crippen LogP contribution in [0.3, 0.4) is 0 Å². The summed E-state index contributed by atoms with van der Waals surface area (Å²) in [5.74, 6) is -0.0745. The molecule has 0 saturated heterocycles. The molecule has 68 valence electrons. The quantitative estimate of drug-likeness (QED) is 0.562. The van der Waals surface area contributed by atoms with Gasteiger partial charge in [-0.3, -0.25) is 4.79 Å². The third-order valence-corrected chi connectivity index (χ3v) is 2.35. The average Bonchev–Trinajstić information content (AvgIpc) is 2.13. The number of carbonyl (C=O) groups is 1. The van der Waals surface area contributed by atoms with Crippen molar-refractivity contribution in [2.75, 3.05) is 6.61 Å². The van der Waals surface area contributed by atoms with Crippen molar-refractivity contribution in [1.82, 2.24) is 0 Å². The number of hydrogen-bond donors (Lipinski definition) is 0. The van der Waals surface area contributed by atoms with Gasteiger partial charge in [-0.25, -0.2) is 0 Å². The molecule has 1 aromatic rings. The molecule has 1 heterocycles. The lowest BCUT2D eigenvalue weighted by Gasteiger charge is -2.13. The zero-order chi connectivity index (χ0) is 9.10. The van der Waals surface area contributed by atoms with E-state index in [-0.39, 0.29) is 5.97 Å². The van der Waals surface area contributed by atoms with Gasteiger partial charge in [0.15, 0.2) is 0 Å². The average molecular weight is 176 g/mol. The molecule has 2 nitrogen and oxygen atoms in total.